The highest BCUT2D eigenvalue weighted by atomic mass is 16.6. The Bertz CT molecular complexity index is 657. The van der Waals surface area contributed by atoms with Crippen molar-refractivity contribution in [1.82, 2.24) is 5.32 Å². The molecule has 0 bridgehead atoms. The number of amides is 2. The van der Waals surface area contributed by atoms with Gasteiger partial charge in [-0.3, -0.25) is 4.79 Å². The smallest absolute Gasteiger partial charge is 0.408 e. The van der Waals surface area contributed by atoms with Gasteiger partial charge >= 0.3 is 12.1 Å². The molecule has 8 heteroatoms. The van der Waals surface area contributed by atoms with Crippen LogP contribution in [0.4, 0.5) is 10.5 Å². The second kappa shape index (κ2) is 12.3. The molecule has 0 aliphatic heterocycles. The molecule has 2 amide bonds. The molecule has 0 saturated carbocycles. The highest BCUT2D eigenvalue weighted by Gasteiger charge is 2.23. The number of ether oxygens (including phenoxy) is 2. The van der Waals surface area contributed by atoms with Crippen LogP contribution in [0.15, 0.2) is 49.6 Å². The first-order chi connectivity index (χ1) is 13.0. The number of alkyl carbamates (subject to hydrolysis) is 1. The summed E-state index contributed by atoms with van der Waals surface area (Å²) in [7, 11) is 0. The maximum atomic E-state index is 12.1. The summed E-state index contributed by atoms with van der Waals surface area (Å²) in [5, 5.41) is 14.0. The minimum absolute atomic E-state index is 0.00935. The first-order valence-electron chi connectivity index (χ1n) is 8.31. The molecule has 0 aromatic heterocycles. The standard InChI is InChI=1S/C19H24N2O6/c1-3-11-26-18(24)16(21-19(25)27-12-4-2)9-10-17(23)20-15-7-5-14(13-22)6-8-15/h3-8,16,22H,1-2,9-13H2,(H,20,23)(H,21,25)/t16-/m0/s1. The van der Waals surface area contributed by atoms with Gasteiger partial charge < -0.3 is 25.2 Å². The van der Waals surface area contributed by atoms with Gasteiger partial charge in [0.2, 0.25) is 5.91 Å². The zero-order valence-corrected chi connectivity index (χ0v) is 15.0. The first kappa shape index (κ1) is 21.9. The molecule has 0 saturated heterocycles. The molecule has 3 N–H and O–H groups in total. The molecule has 1 rings (SSSR count). The van der Waals surface area contributed by atoms with Gasteiger partial charge in [0.05, 0.1) is 6.61 Å². The van der Waals surface area contributed by atoms with Gasteiger partial charge in [0.1, 0.15) is 19.3 Å². The summed E-state index contributed by atoms with van der Waals surface area (Å²) in [6.45, 7) is 6.76. The molecule has 0 radical (unpaired) electrons. The maximum absolute atomic E-state index is 12.1. The molecule has 0 fully saturated rings. The average molecular weight is 376 g/mol. The topological polar surface area (TPSA) is 114 Å². The third kappa shape index (κ3) is 8.68. The Labute approximate surface area is 157 Å². The number of hydrogen-bond donors (Lipinski definition) is 3. The molecular formula is C19H24N2O6. The molecule has 8 nitrogen and oxygen atoms in total. The number of rotatable bonds is 11. The molecular weight excluding hydrogens is 352 g/mol. The molecule has 0 aliphatic rings. The highest BCUT2D eigenvalue weighted by molar-refractivity contribution is 5.91. The van der Waals surface area contributed by atoms with Gasteiger partial charge in [0.25, 0.3) is 0 Å². The van der Waals surface area contributed by atoms with E-state index in [0.717, 1.165) is 5.56 Å². The van der Waals surface area contributed by atoms with Crippen molar-refractivity contribution < 1.29 is 29.0 Å². The molecule has 146 valence electrons. The number of aliphatic hydroxyl groups is 1. The predicted octanol–water partition coefficient (Wildman–Crippen LogP) is 1.91. The van der Waals surface area contributed by atoms with E-state index in [9.17, 15) is 14.4 Å². The second-order valence-electron chi connectivity index (χ2n) is 5.44. The normalized spacial score (nSPS) is 11.0. The average Bonchev–Trinajstić information content (AvgIpc) is 2.68. The number of nitrogens with one attached hydrogen (secondary N) is 2. The van der Waals surface area contributed by atoms with E-state index >= 15 is 0 Å². The van der Waals surface area contributed by atoms with Crippen LogP contribution in [-0.2, 0) is 25.7 Å². The van der Waals surface area contributed by atoms with Crippen molar-refractivity contribution in [2.24, 2.45) is 0 Å². The van der Waals surface area contributed by atoms with E-state index in [1.54, 1.807) is 24.3 Å². The maximum Gasteiger partial charge on any atom is 0.408 e. The zero-order chi connectivity index (χ0) is 20.1. The number of esters is 1. The summed E-state index contributed by atoms with van der Waals surface area (Å²) in [4.78, 5) is 35.8. The Kier molecular flexibility index (Phi) is 9.95. The van der Waals surface area contributed by atoms with Gasteiger partial charge in [-0.2, -0.15) is 0 Å². The number of anilines is 1. The molecule has 0 spiro atoms. The number of benzene rings is 1. The van der Waals surface area contributed by atoms with Crippen molar-refractivity contribution in [2.45, 2.75) is 25.5 Å². The Balaban J connectivity index is 2.59. The SMILES string of the molecule is C=CCOC(=O)N[C@@H](CCC(=O)Nc1ccc(CO)cc1)C(=O)OCC=C. The Hall–Kier alpha value is -3.13. The molecule has 1 aromatic rings. The molecule has 27 heavy (non-hydrogen) atoms. The fourth-order valence-electron chi connectivity index (χ4n) is 2.00. The number of carbonyl (C=O) groups excluding carboxylic acids is 3. The van der Waals surface area contributed by atoms with Crippen LogP contribution in [0, 0.1) is 0 Å². The minimum atomic E-state index is -1.04. The van der Waals surface area contributed by atoms with Crippen molar-refractivity contribution in [2.75, 3.05) is 18.5 Å². The van der Waals surface area contributed by atoms with E-state index in [0.29, 0.717) is 5.69 Å². The van der Waals surface area contributed by atoms with Crippen molar-refractivity contribution >= 4 is 23.7 Å². The molecule has 1 atom stereocenters. The highest BCUT2D eigenvalue weighted by Crippen LogP contribution is 2.11. The lowest BCUT2D eigenvalue weighted by Gasteiger charge is -2.17. The van der Waals surface area contributed by atoms with Crippen LogP contribution >= 0.6 is 0 Å². The lowest BCUT2D eigenvalue weighted by atomic mass is 10.1. The zero-order valence-electron chi connectivity index (χ0n) is 15.0. The van der Waals surface area contributed by atoms with Gasteiger partial charge in [0.15, 0.2) is 0 Å². The first-order valence-corrected chi connectivity index (χ1v) is 8.31. The van der Waals surface area contributed by atoms with Gasteiger partial charge in [-0.1, -0.05) is 37.4 Å². The van der Waals surface area contributed by atoms with Crippen LogP contribution in [-0.4, -0.2) is 42.3 Å². The predicted molar refractivity (Wildman–Crippen MR) is 99.9 cm³/mol. The molecule has 0 aliphatic carbocycles. The van der Waals surface area contributed by atoms with Gasteiger partial charge in [0, 0.05) is 12.1 Å². The Morgan fingerprint density at radius 1 is 1.07 bits per heavy atom. The fourth-order valence-corrected chi connectivity index (χ4v) is 2.00. The third-order valence-electron chi connectivity index (χ3n) is 3.33. The molecule has 1 aromatic carbocycles. The van der Waals surface area contributed by atoms with Crippen molar-refractivity contribution in [3.63, 3.8) is 0 Å². The van der Waals surface area contributed by atoms with Crippen LogP contribution in [0.5, 0.6) is 0 Å². The second-order valence-corrected chi connectivity index (χ2v) is 5.44. The van der Waals surface area contributed by atoms with Crippen LogP contribution in [0.3, 0.4) is 0 Å². The van der Waals surface area contributed by atoms with E-state index < -0.39 is 18.1 Å². The van der Waals surface area contributed by atoms with Crippen LogP contribution < -0.4 is 10.6 Å². The van der Waals surface area contributed by atoms with E-state index in [2.05, 4.69) is 23.8 Å². The van der Waals surface area contributed by atoms with E-state index in [1.165, 1.54) is 12.2 Å². The van der Waals surface area contributed by atoms with Gasteiger partial charge in [-0.05, 0) is 24.1 Å². The van der Waals surface area contributed by atoms with E-state index in [4.69, 9.17) is 14.6 Å². The van der Waals surface area contributed by atoms with Crippen molar-refractivity contribution in [3.8, 4) is 0 Å². The lowest BCUT2D eigenvalue weighted by Crippen LogP contribution is -2.42. The largest absolute Gasteiger partial charge is 0.460 e. The molecule has 0 unspecified atom stereocenters. The van der Waals surface area contributed by atoms with E-state index in [1.807, 2.05) is 0 Å². The molecule has 0 heterocycles. The summed E-state index contributed by atoms with van der Waals surface area (Å²) in [6.07, 6.45) is 1.97. The number of hydrogen-bond acceptors (Lipinski definition) is 6. The number of carbonyl (C=O) groups is 3. The van der Waals surface area contributed by atoms with Crippen molar-refractivity contribution in [1.29, 1.82) is 0 Å². The van der Waals surface area contributed by atoms with Crippen LogP contribution in [0.1, 0.15) is 18.4 Å². The monoisotopic (exact) mass is 376 g/mol. The third-order valence-corrected chi connectivity index (χ3v) is 3.33. The summed E-state index contributed by atoms with van der Waals surface area (Å²) in [5.41, 5.74) is 1.28. The van der Waals surface area contributed by atoms with E-state index in [-0.39, 0.29) is 38.6 Å². The van der Waals surface area contributed by atoms with Crippen molar-refractivity contribution in [3.05, 3.63) is 55.1 Å². The Morgan fingerprint density at radius 2 is 1.70 bits per heavy atom. The summed E-state index contributed by atoms with van der Waals surface area (Å²) >= 11 is 0. The minimum Gasteiger partial charge on any atom is -0.460 e. The number of aliphatic hydroxyl groups excluding tert-OH is 1. The fraction of sp³-hybridized carbons (Fsp3) is 0.316. The van der Waals surface area contributed by atoms with Crippen LogP contribution in [0.2, 0.25) is 0 Å². The Morgan fingerprint density at radius 3 is 2.30 bits per heavy atom. The van der Waals surface area contributed by atoms with Gasteiger partial charge in [-0.15, -0.1) is 0 Å². The quantitative estimate of drug-likeness (QED) is 0.402. The lowest BCUT2D eigenvalue weighted by molar-refractivity contribution is -0.145. The van der Waals surface area contributed by atoms with Gasteiger partial charge in [-0.25, -0.2) is 9.59 Å². The van der Waals surface area contributed by atoms with Crippen LogP contribution in [0.25, 0.3) is 0 Å². The summed E-state index contributed by atoms with van der Waals surface area (Å²) in [6, 6.07) is 5.64. The summed E-state index contributed by atoms with van der Waals surface area (Å²) < 4.78 is 9.72. The summed E-state index contributed by atoms with van der Waals surface area (Å²) in [5.74, 6) is -1.03.